The second-order valence-corrected chi connectivity index (χ2v) is 11.3. The molecule has 0 heterocycles. The minimum Gasteiger partial charge on any atom is -0.392 e. The van der Waals surface area contributed by atoms with Crippen LogP contribution in [0.4, 0.5) is 0 Å². The Morgan fingerprint density at radius 1 is 1.11 bits per heavy atom. The minimum atomic E-state index is -0.449. The summed E-state index contributed by atoms with van der Waals surface area (Å²) in [5.41, 5.74) is 2.45. The van der Waals surface area contributed by atoms with E-state index in [0.29, 0.717) is 28.7 Å². The Bertz CT molecular complexity index is 717. The van der Waals surface area contributed by atoms with Gasteiger partial charge in [0.1, 0.15) is 5.78 Å². The molecule has 0 aromatic rings. The molecule has 27 heavy (non-hydrogen) atoms. The van der Waals surface area contributed by atoms with E-state index in [-0.39, 0.29) is 22.5 Å². The second kappa shape index (κ2) is 5.27. The Hall–Kier alpha value is -0.670. The number of Topliss-reactive ketones (excluding diaryl/α,β-unsaturated/α-hetero) is 1. The van der Waals surface area contributed by atoms with Crippen LogP contribution >= 0.6 is 0 Å². The summed E-state index contributed by atoms with van der Waals surface area (Å²) in [4.78, 5) is 12.5. The SMILES string of the molecule is C=C1[C@H]2CC[C@H]3[C@@]4(CC[C@@]5(C)[C@H](C(C)=O)[C@@H](O)C[C@]35C)C[C@@]24CC[C@H]1NC. The van der Waals surface area contributed by atoms with E-state index in [1.165, 1.54) is 44.1 Å². The second-order valence-electron chi connectivity index (χ2n) is 11.3. The molecule has 0 unspecified atom stereocenters. The Kier molecular flexibility index (Phi) is 3.59. The first-order valence-electron chi connectivity index (χ1n) is 11.2. The number of carbonyl (C=O) groups excluding carboxylic acids is 1. The van der Waals surface area contributed by atoms with Gasteiger partial charge in [0, 0.05) is 12.0 Å². The molecule has 5 aliphatic rings. The summed E-state index contributed by atoms with van der Waals surface area (Å²) in [6.45, 7) is 11.0. The first-order chi connectivity index (χ1) is 12.7. The monoisotopic (exact) mass is 371 g/mol. The van der Waals surface area contributed by atoms with E-state index in [2.05, 4.69) is 32.8 Å². The molecule has 0 aromatic heterocycles. The number of nitrogens with one attached hydrogen (secondary N) is 1. The zero-order chi connectivity index (χ0) is 19.4. The van der Waals surface area contributed by atoms with Crippen LogP contribution < -0.4 is 5.32 Å². The average molecular weight is 372 g/mol. The Morgan fingerprint density at radius 3 is 2.52 bits per heavy atom. The Balaban J connectivity index is 1.53. The quantitative estimate of drug-likeness (QED) is 0.719. The van der Waals surface area contributed by atoms with Crippen LogP contribution in [-0.2, 0) is 4.79 Å². The molecule has 0 radical (unpaired) electrons. The van der Waals surface area contributed by atoms with Gasteiger partial charge < -0.3 is 10.4 Å². The van der Waals surface area contributed by atoms with Crippen molar-refractivity contribution in [2.45, 2.75) is 84.3 Å². The van der Waals surface area contributed by atoms with Crippen molar-refractivity contribution in [1.29, 1.82) is 0 Å². The van der Waals surface area contributed by atoms with Gasteiger partial charge in [0.05, 0.1) is 6.10 Å². The molecule has 5 saturated carbocycles. The Morgan fingerprint density at radius 2 is 1.85 bits per heavy atom. The lowest BCUT2D eigenvalue weighted by molar-refractivity contribution is -0.141. The number of fused-ring (bicyclic) bond motifs is 2. The van der Waals surface area contributed by atoms with Gasteiger partial charge in [-0.05, 0) is 98.8 Å². The molecular formula is C24H37NO2. The highest BCUT2D eigenvalue weighted by atomic mass is 16.3. The van der Waals surface area contributed by atoms with Gasteiger partial charge in [-0.2, -0.15) is 0 Å². The van der Waals surface area contributed by atoms with Crippen LogP contribution in [0.15, 0.2) is 12.2 Å². The molecule has 0 saturated heterocycles. The van der Waals surface area contributed by atoms with Crippen molar-refractivity contribution in [1.82, 2.24) is 5.32 Å². The van der Waals surface area contributed by atoms with E-state index >= 15 is 0 Å². The normalized spacial score (nSPS) is 58.7. The molecule has 9 atom stereocenters. The maximum atomic E-state index is 12.5. The molecule has 5 rings (SSSR count). The fourth-order valence-corrected chi connectivity index (χ4v) is 9.75. The molecule has 150 valence electrons. The van der Waals surface area contributed by atoms with E-state index in [1.807, 2.05) is 0 Å². The summed E-state index contributed by atoms with van der Waals surface area (Å²) in [5.74, 6) is 1.38. The summed E-state index contributed by atoms with van der Waals surface area (Å²) in [7, 11) is 2.08. The summed E-state index contributed by atoms with van der Waals surface area (Å²) >= 11 is 0. The number of likely N-dealkylation sites (N-methyl/N-ethyl adjacent to an activating group) is 1. The zero-order valence-corrected chi connectivity index (χ0v) is 17.6. The molecular weight excluding hydrogens is 334 g/mol. The lowest BCUT2D eigenvalue weighted by Gasteiger charge is -2.61. The third-order valence-corrected chi connectivity index (χ3v) is 11.0. The number of carbonyl (C=O) groups is 1. The topological polar surface area (TPSA) is 49.3 Å². The minimum absolute atomic E-state index is 0.0377. The van der Waals surface area contributed by atoms with Crippen LogP contribution in [0, 0.1) is 39.4 Å². The molecule has 2 N–H and O–H groups in total. The van der Waals surface area contributed by atoms with Crippen LogP contribution in [0.5, 0.6) is 0 Å². The lowest BCUT2D eigenvalue weighted by Crippen LogP contribution is -2.55. The van der Waals surface area contributed by atoms with E-state index in [0.717, 1.165) is 12.8 Å². The fraction of sp³-hybridized carbons (Fsp3) is 0.875. The lowest BCUT2D eigenvalue weighted by atomic mass is 9.43. The summed E-state index contributed by atoms with van der Waals surface area (Å²) < 4.78 is 0. The van der Waals surface area contributed by atoms with Gasteiger partial charge >= 0.3 is 0 Å². The number of ketones is 1. The Labute approximate surface area is 164 Å². The molecule has 5 fully saturated rings. The molecule has 0 bridgehead atoms. The van der Waals surface area contributed by atoms with Gasteiger partial charge in [0.2, 0.25) is 0 Å². The first-order valence-corrected chi connectivity index (χ1v) is 11.2. The zero-order valence-electron chi connectivity index (χ0n) is 17.6. The average Bonchev–Trinajstić information content (AvgIpc) is 3.20. The number of hydrogen-bond donors (Lipinski definition) is 2. The summed E-state index contributed by atoms with van der Waals surface area (Å²) in [6.07, 6.45) is 9.19. The van der Waals surface area contributed by atoms with Crippen LogP contribution in [0.2, 0.25) is 0 Å². The number of hydrogen-bond acceptors (Lipinski definition) is 3. The van der Waals surface area contributed by atoms with Crippen LogP contribution in [0.3, 0.4) is 0 Å². The standard InChI is InChI=1S/C24H37NO2/c1-14-16-6-7-19-22(4)12-18(27)20(15(2)26)21(22,3)10-11-24(19)13-23(16,24)9-8-17(14)25-5/h16-20,25,27H,1,6-13H2,2-5H3/t16-,17-,18+,19-,20-,21+,22-,23+,24-/m1/s1. The van der Waals surface area contributed by atoms with E-state index in [1.54, 1.807) is 6.92 Å². The number of aliphatic hydroxyl groups excluding tert-OH is 1. The van der Waals surface area contributed by atoms with Crippen LogP contribution in [-0.4, -0.2) is 30.1 Å². The summed E-state index contributed by atoms with van der Waals surface area (Å²) in [6, 6.07) is 0.495. The predicted molar refractivity (Wildman–Crippen MR) is 107 cm³/mol. The highest BCUT2D eigenvalue weighted by molar-refractivity contribution is 5.80. The summed E-state index contributed by atoms with van der Waals surface area (Å²) in [5, 5.41) is 14.4. The van der Waals surface area contributed by atoms with E-state index < -0.39 is 6.10 Å². The molecule has 0 aromatic carbocycles. The van der Waals surface area contributed by atoms with Gasteiger partial charge in [0.25, 0.3) is 0 Å². The third-order valence-electron chi connectivity index (χ3n) is 11.0. The van der Waals surface area contributed by atoms with Crippen molar-refractivity contribution in [3.63, 3.8) is 0 Å². The van der Waals surface area contributed by atoms with Crippen LogP contribution in [0.25, 0.3) is 0 Å². The molecule has 3 heteroatoms. The third kappa shape index (κ3) is 1.85. The maximum Gasteiger partial charge on any atom is 0.136 e. The van der Waals surface area contributed by atoms with Gasteiger partial charge in [-0.15, -0.1) is 0 Å². The van der Waals surface area contributed by atoms with E-state index in [4.69, 9.17) is 0 Å². The maximum absolute atomic E-state index is 12.5. The van der Waals surface area contributed by atoms with Crippen LogP contribution in [0.1, 0.15) is 72.1 Å². The number of rotatable bonds is 2. The van der Waals surface area contributed by atoms with Crippen molar-refractivity contribution in [3.8, 4) is 0 Å². The van der Waals surface area contributed by atoms with Crippen molar-refractivity contribution in [3.05, 3.63) is 12.2 Å². The first kappa shape index (κ1) is 18.4. The van der Waals surface area contributed by atoms with Gasteiger partial charge in [-0.3, -0.25) is 4.79 Å². The van der Waals surface area contributed by atoms with Crippen molar-refractivity contribution >= 4 is 5.78 Å². The smallest absolute Gasteiger partial charge is 0.136 e. The largest absolute Gasteiger partial charge is 0.392 e. The molecule has 2 spiro atoms. The van der Waals surface area contributed by atoms with Gasteiger partial charge in [-0.25, -0.2) is 0 Å². The predicted octanol–water partition coefficient (Wildman–Crippen LogP) is 4.10. The van der Waals surface area contributed by atoms with E-state index in [9.17, 15) is 9.90 Å². The molecule has 5 aliphatic carbocycles. The van der Waals surface area contributed by atoms with Crippen molar-refractivity contribution < 1.29 is 9.90 Å². The molecule has 0 amide bonds. The van der Waals surface area contributed by atoms with Crippen molar-refractivity contribution in [2.24, 2.45) is 39.4 Å². The van der Waals surface area contributed by atoms with Crippen molar-refractivity contribution in [2.75, 3.05) is 7.05 Å². The molecule has 0 aliphatic heterocycles. The van der Waals surface area contributed by atoms with Gasteiger partial charge in [0.15, 0.2) is 0 Å². The van der Waals surface area contributed by atoms with Gasteiger partial charge in [-0.1, -0.05) is 26.0 Å². The number of aliphatic hydroxyl groups is 1. The highest BCUT2D eigenvalue weighted by Gasteiger charge is 2.81. The highest BCUT2D eigenvalue weighted by Crippen LogP contribution is 2.87. The molecule has 3 nitrogen and oxygen atoms in total. The fourth-order valence-electron chi connectivity index (χ4n) is 9.75.